The number of amides is 1. The maximum absolute atomic E-state index is 12.0. The molecule has 0 spiro atoms. The molecule has 1 N–H and O–H groups in total. The van der Waals surface area contributed by atoms with Gasteiger partial charge in [0.2, 0.25) is 5.95 Å². The molecule has 1 amide bonds. The number of pyridine rings is 1. The third-order valence-corrected chi connectivity index (χ3v) is 2.89. The van der Waals surface area contributed by atoms with Crippen molar-refractivity contribution in [2.75, 3.05) is 5.32 Å². The van der Waals surface area contributed by atoms with E-state index in [1.807, 2.05) is 36.4 Å². The van der Waals surface area contributed by atoms with E-state index in [0.29, 0.717) is 5.69 Å². The number of carbonyl (C=O) groups excluding carboxylic acids is 1. The molecule has 3 aromatic rings. The van der Waals surface area contributed by atoms with Gasteiger partial charge >= 0.3 is 0 Å². The lowest BCUT2D eigenvalue weighted by molar-refractivity contribution is 0.102. The molecule has 102 valence electrons. The van der Waals surface area contributed by atoms with Crippen molar-refractivity contribution >= 4 is 11.9 Å². The van der Waals surface area contributed by atoms with Gasteiger partial charge in [-0.25, -0.2) is 9.97 Å². The first-order chi connectivity index (χ1) is 10.3. The summed E-state index contributed by atoms with van der Waals surface area (Å²) in [6.45, 7) is 0. The van der Waals surface area contributed by atoms with Gasteiger partial charge in [0.15, 0.2) is 0 Å². The van der Waals surface area contributed by atoms with E-state index >= 15 is 0 Å². The fourth-order valence-electron chi connectivity index (χ4n) is 1.86. The Morgan fingerprint density at radius 2 is 1.57 bits per heavy atom. The second-order valence-corrected chi connectivity index (χ2v) is 4.32. The van der Waals surface area contributed by atoms with Crippen molar-refractivity contribution in [3.63, 3.8) is 0 Å². The van der Waals surface area contributed by atoms with Gasteiger partial charge in [-0.2, -0.15) is 0 Å². The van der Waals surface area contributed by atoms with Crippen LogP contribution in [0.2, 0.25) is 0 Å². The summed E-state index contributed by atoms with van der Waals surface area (Å²) in [5.74, 6) is -0.0720. The monoisotopic (exact) mass is 276 g/mol. The number of aromatic nitrogens is 3. The number of anilines is 1. The summed E-state index contributed by atoms with van der Waals surface area (Å²) in [5.41, 5.74) is 2.34. The van der Waals surface area contributed by atoms with Crippen LogP contribution < -0.4 is 5.32 Å². The van der Waals surface area contributed by atoms with Crippen molar-refractivity contribution in [2.24, 2.45) is 0 Å². The summed E-state index contributed by atoms with van der Waals surface area (Å²) >= 11 is 0. The fourth-order valence-corrected chi connectivity index (χ4v) is 1.86. The molecule has 21 heavy (non-hydrogen) atoms. The molecule has 2 heterocycles. The van der Waals surface area contributed by atoms with Crippen LogP contribution in [0.4, 0.5) is 5.95 Å². The minimum atomic E-state index is -0.333. The molecular formula is C16H12N4O. The quantitative estimate of drug-likeness (QED) is 0.798. The molecule has 0 aliphatic rings. The summed E-state index contributed by atoms with van der Waals surface area (Å²) in [6.07, 6.45) is 4.80. The van der Waals surface area contributed by atoms with Crippen LogP contribution in [0.3, 0.4) is 0 Å². The molecule has 5 nitrogen and oxygen atoms in total. The van der Waals surface area contributed by atoms with Gasteiger partial charge in [-0.3, -0.25) is 15.1 Å². The van der Waals surface area contributed by atoms with Crippen molar-refractivity contribution in [2.45, 2.75) is 0 Å². The lowest BCUT2D eigenvalue weighted by atomic mass is 10.1. The van der Waals surface area contributed by atoms with Crippen LogP contribution >= 0.6 is 0 Å². The van der Waals surface area contributed by atoms with E-state index in [-0.39, 0.29) is 11.9 Å². The predicted molar refractivity (Wildman–Crippen MR) is 79.7 cm³/mol. The van der Waals surface area contributed by atoms with Gasteiger partial charge in [0, 0.05) is 24.2 Å². The van der Waals surface area contributed by atoms with Crippen molar-refractivity contribution in [1.82, 2.24) is 15.0 Å². The highest BCUT2D eigenvalue weighted by Gasteiger charge is 2.09. The zero-order valence-electron chi connectivity index (χ0n) is 11.1. The SMILES string of the molecule is O=C(Nc1ncccn1)c1ccc(-c2ccccc2)cn1. The van der Waals surface area contributed by atoms with E-state index < -0.39 is 0 Å². The Morgan fingerprint density at radius 1 is 0.810 bits per heavy atom. The van der Waals surface area contributed by atoms with Crippen molar-refractivity contribution in [3.05, 3.63) is 72.8 Å². The Bertz CT molecular complexity index is 727. The van der Waals surface area contributed by atoms with Crippen LogP contribution in [0.5, 0.6) is 0 Å². The maximum Gasteiger partial charge on any atom is 0.276 e. The second kappa shape index (κ2) is 5.92. The van der Waals surface area contributed by atoms with Crippen molar-refractivity contribution < 1.29 is 4.79 Å². The summed E-state index contributed by atoms with van der Waals surface area (Å²) in [6, 6.07) is 15.1. The third-order valence-electron chi connectivity index (χ3n) is 2.89. The van der Waals surface area contributed by atoms with Crippen LogP contribution in [0, 0.1) is 0 Å². The Labute approximate surface area is 121 Å². The molecular weight excluding hydrogens is 264 g/mol. The van der Waals surface area contributed by atoms with Gasteiger partial charge in [-0.05, 0) is 17.7 Å². The van der Waals surface area contributed by atoms with E-state index in [9.17, 15) is 4.79 Å². The topological polar surface area (TPSA) is 67.8 Å². The number of benzene rings is 1. The Balaban J connectivity index is 1.77. The van der Waals surface area contributed by atoms with E-state index in [1.165, 1.54) is 0 Å². The Morgan fingerprint density at radius 3 is 2.24 bits per heavy atom. The molecule has 5 heteroatoms. The van der Waals surface area contributed by atoms with E-state index in [1.54, 1.807) is 30.7 Å². The third kappa shape index (κ3) is 3.09. The van der Waals surface area contributed by atoms with Crippen molar-refractivity contribution in [3.8, 4) is 11.1 Å². The predicted octanol–water partition coefficient (Wildman–Crippen LogP) is 2.79. The average molecular weight is 276 g/mol. The first-order valence-electron chi connectivity index (χ1n) is 6.43. The van der Waals surface area contributed by atoms with Crippen molar-refractivity contribution in [1.29, 1.82) is 0 Å². The van der Waals surface area contributed by atoms with Gasteiger partial charge in [0.1, 0.15) is 5.69 Å². The molecule has 2 aromatic heterocycles. The number of nitrogens with one attached hydrogen (secondary N) is 1. The molecule has 0 bridgehead atoms. The second-order valence-electron chi connectivity index (χ2n) is 4.32. The molecule has 0 atom stereocenters. The van der Waals surface area contributed by atoms with Crippen LogP contribution in [0.15, 0.2) is 67.1 Å². The maximum atomic E-state index is 12.0. The Hall–Kier alpha value is -3.08. The highest BCUT2D eigenvalue weighted by atomic mass is 16.2. The summed E-state index contributed by atoms with van der Waals surface area (Å²) in [4.78, 5) is 24.1. The van der Waals surface area contributed by atoms with E-state index in [2.05, 4.69) is 20.3 Å². The molecule has 0 aliphatic heterocycles. The summed E-state index contributed by atoms with van der Waals surface area (Å²) in [7, 11) is 0. The van der Waals surface area contributed by atoms with Crippen LogP contribution in [0.25, 0.3) is 11.1 Å². The zero-order chi connectivity index (χ0) is 14.5. The average Bonchev–Trinajstić information content (AvgIpc) is 2.57. The number of carbonyl (C=O) groups is 1. The van der Waals surface area contributed by atoms with E-state index in [0.717, 1.165) is 11.1 Å². The summed E-state index contributed by atoms with van der Waals surface area (Å²) in [5, 5.41) is 2.59. The molecule has 0 unspecified atom stereocenters. The molecule has 1 aromatic carbocycles. The van der Waals surface area contributed by atoms with E-state index in [4.69, 9.17) is 0 Å². The lowest BCUT2D eigenvalue weighted by Gasteiger charge is -2.04. The van der Waals surface area contributed by atoms with Gasteiger partial charge in [0.05, 0.1) is 0 Å². The molecule has 0 fully saturated rings. The standard InChI is InChI=1S/C16H12N4O/c21-15(20-16-17-9-4-10-18-16)14-8-7-13(11-19-14)12-5-2-1-3-6-12/h1-11H,(H,17,18,20,21). The van der Waals surface area contributed by atoms with Gasteiger partial charge in [-0.15, -0.1) is 0 Å². The smallest absolute Gasteiger partial charge is 0.276 e. The lowest BCUT2D eigenvalue weighted by Crippen LogP contribution is -2.15. The number of hydrogen-bond acceptors (Lipinski definition) is 4. The van der Waals surface area contributed by atoms with Crippen LogP contribution in [-0.2, 0) is 0 Å². The molecule has 0 aliphatic carbocycles. The van der Waals surface area contributed by atoms with Crippen LogP contribution in [-0.4, -0.2) is 20.9 Å². The first-order valence-corrected chi connectivity index (χ1v) is 6.43. The fraction of sp³-hybridized carbons (Fsp3) is 0. The molecule has 0 saturated carbocycles. The van der Waals surface area contributed by atoms with Gasteiger partial charge in [-0.1, -0.05) is 36.4 Å². The normalized spacial score (nSPS) is 10.1. The summed E-state index contributed by atoms with van der Waals surface area (Å²) < 4.78 is 0. The van der Waals surface area contributed by atoms with Crippen LogP contribution in [0.1, 0.15) is 10.5 Å². The minimum absolute atomic E-state index is 0.261. The van der Waals surface area contributed by atoms with Gasteiger partial charge in [0.25, 0.3) is 5.91 Å². The number of nitrogens with zero attached hydrogens (tertiary/aromatic N) is 3. The zero-order valence-corrected chi connectivity index (χ0v) is 11.1. The largest absolute Gasteiger partial charge is 0.289 e. The Kier molecular flexibility index (Phi) is 3.64. The number of rotatable bonds is 3. The molecule has 0 radical (unpaired) electrons. The minimum Gasteiger partial charge on any atom is -0.289 e. The highest BCUT2D eigenvalue weighted by Crippen LogP contribution is 2.17. The molecule has 0 saturated heterocycles. The highest BCUT2D eigenvalue weighted by molar-refractivity contribution is 6.01. The first kappa shape index (κ1) is 12.9. The molecule has 3 rings (SSSR count). The van der Waals surface area contributed by atoms with Gasteiger partial charge < -0.3 is 0 Å². The number of hydrogen-bond donors (Lipinski definition) is 1.